The lowest BCUT2D eigenvalue weighted by atomic mass is 10.3. The van der Waals surface area contributed by atoms with Gasteiger partial charge in [-0.15, -0.1) is 0 Å². The number of hydrogen-bond donors (Lipinski definition) is 1. The van der Waals surface area contributed by atoms with Crippen LogP contribution in [0.15, 0.2) is 23.1 Å². The van der Waals surface area contributed by atoms with E-state index in [0.29, 0.717) is 11.5 Å². The van der Waals surface area contributed by atoms with Crippen LogP contribution < -0.4 is 5.73 Å². The van der Waals surface area contributed by atoms with Crippen molar-refractivity contribution >= 4 is 21.6 Å². The van der Waals surface area contributed by atoms with Crippen LogP contribution in [0.5, 0.6) is 0 Å². The fourth-order valence-electron chi connectivity index (χ4n) is 1.35. The number of rotatable bonds is 1. The Morgan fingerprint density at radius 1 is 1.29 bits per heavy atom. The van der Waals surface area contributed by atoms with Crippen LogP contribution in [0.3, 0.4) is 0 Å². The summed E-state index contributed by atoms with van der Waals surface area (Å²) in [6, 6.07) is 5.40. The maximum atomic E-state index is 8.99. The van der Waals surface area contributed by atoms with Crippen LogP contribution in [-0.2, 0) is 0 Å². The van der Waals surface area contributed by atoms with Crippen LogP contribution in [0.4, 0.5) is 5.69 Å². The predicted molar refractivity (Wildman–Crippen MR) is 62.9 cm³/mol. The van der Waals surface area contributed by atoms with Crippen molar-refractivity contribution in [1.29, 1.82) is 10.5 Å². The molecule has 2 aromatic rings. The Morgan fingerprint density at radius 3 is 2.65 bits per heavy atom. The van der Waals surface area contributed by atoms with Crippen molar-refractivity contribution < 1.29 is 0 Å². The summed E-state index contributed by atoms with van der Waals surface area (Å²) in [6.45, 7) is 0. The summed E-state index contributed by atoms with van der Waals surface area (Å²) in [4.78, 5) is 7.91. The molecule has 2 rings (SSSR count). The van der Waals surface area contributed by atoms with Gasteiger partial charge in [0.1, 0.15) is 18.5 Å². The highest BCUT2D eigenvalue weighted by atomic mass is 79.9. The molecule has 7 heteroatoms. The first-order chi connectivity index (χ1) is 8.17. The third-order valence-electron chi connectivity index (χ3n) is 2.07. The zero-order valence-electron chi connectivity index (χ0n) is 8.42. The second kappa shape index (κ2) is 4.24. The molecular weight excluding hydrogens is 284 g/mol. The van der Waals surface area contributed by atoms with Crippen LogP contribution in [0.25, 0.3) is 5.82 Å². The van der Waals surface area contributed by atoms with E-state index in [4.69, 9.17) is 16.3 Å². The number of pyridine rings is 1. The van der Waals surface area contributed by atoms with E-state index < -0.39 is 0 Å². The Morgan fingerprint density at radius 2 is 2.06 bits per heavy atom. The minimum absolute atomic E-state index is 0.0524. The third kappa shape index (κ3) is 1.84. The first-order valence-corrected chi connectivity index (χ1v) is 5.25. The Bertz CT molecular complexity index is 660. The molecule has 2 heterocycles. The molecule has 0 spiro atoms. The van der Waals surface area contributed by atoms with Gasteiger partial charge in [-0.25, -0.2) is 9.97 Å². The molecule has 2 aromatic heterocycles. The molecular formula is C10H5BrN6. The second-order valence-electron chi connectivity index (χ2n) is 3.10. The topological polar surface area (TPSA) is 104 Å². The van der Waals surface area contributed by atoms with Gasteiger partial charge in [-0.1, -0.05) is 0 Å². The molecule has 82 valence electrons. The second-order valence-corrected chi connectivity index (χ2v) is 4.02. The van der Waals surface area contributed by atoms with Gasteiger partial charge < -0.3 is 5.73 Å². The molecule has 0 amide bonds. The number of aromatic nitrogens is 3. The Kier molecular flexibility index (Phi) is 2.77. The van der Waals surface area contributed by atoms with Gasteiger partial charge >= 0.3 is 0 Å². The molecule has 0 saturated heterocycles. The van der Waals surface area contributed by atoms with Gasteiger partial charge in [-0.3, -0.25) is 4.57 Å². The average molecular weight is 289 g/mol. The molecule has 0 aliphatic heterocycles. The number of anilines is 1. The van der Waals surface area contributed by atoms with Crippen LogP contribution >= 0.6 is 15.9 Å². The van der Waals surface area contributed by atoms with E-state index in [1.54, 1.807) is 12.3 Å². The highest BCUT2D eigenvalue weighted by Gasteiger charge is 2.14. The summed E-state index contributed by atoms with van der Waals surface area (Å²) < 4.78 is 2.12. The fourth-order valence-corrected chi connectivity index (χ4v) is 1.70. The Hall–Kier alpha value is -2.38. The first-order valence-electron chi connectivity index (χ1n) is 4.46. The summed E-state index contributed by atoms with van der Waals surface area (Å²) in [5.41, 5.74) is 6.35. The monoisotopic (exact) mass is 288 g/mol. The van der Waals surface area contributed by atoms with Crippen molar-refractivity contribution in [3.63, 3.8) is 0 Å². The quantitative estimate of drug-likeness (QED) is 0.853. The summed E-state index contributed by atoms with van der Waals surface area (Å²) in [5.74, 6) is 0.374. The summed E-state index contributed by atoms with van der Waals surface area (Å²) in [7, 11) is 0. The Labute approximate surface area is 105 Å². The van der Waals surface area contributed by atoms with E-state index in [2.05, 4.69) is 25.9 Å². The average Bonchev–Trinajstić information content (AvgIpc) is 2.71. The lowest BCUT2D eigenvalue weighted by Crippen LogP contribution is -2.04. The smallest absolute Gasteiger partial charge is 0.177 e. The van der Waals surface area contributed by atoms with E-state index in [1.807, 2.05) is 12.1 Å². The van der Waals surface area contributed by atoms with Gasteiger partial charge in [0.2, 0.25) is 0 Å². The standard InChI is InChI=1S/C10H5BrN6/c11-6-1-7(14)10(15-4-6)17-5-16-8(2-12)9(17)3-13/h1,4-5H,14H2. The van der Waals surface area contributed by atoms with E-state index in [0.717, 1.165) is 4.47 Å². The molecule has 0 bridgehead atoms. The van der Waals surface area contributed by atoms with E-state index in [1.165, 1.54) is 10.9 Å². The molecule has 17 heavy (non-hydrogen) atoms. The first kappa shape index (κ1) is 11.1. The number of imidazole rings is 1. The van der Waals surface area contributed by atoms with E-state index in [-0.39, 0.29) is 11.4 Å². The molecule has 0 aromatic carbocycles. The normalized spacial score (nSPS) is 9.59. The highest BCUT2D eigenvalue weighted by molar-refractivity contribution is 9.10. The van der Waals surface area contributed by atoms with Gasteiger partial charge in [0.15, 0.2) is 17.2 Å². The van der Waals surface area contributed by atoms with Gasteiger partial charge in [0.25, 0.3) is 0 Å². The number of nitrogens with two attached hydrogens (primary N) is 1. The van der Waals surface area contributed by atoms with Crippen molar-refractivity contribution in [2.45, 2.75) is 0 Å². The van der Waals surface area contributed by atoms with Crippen molar-refractivity contribution in [3.8, 4) is 18.0 Å². The summed E-state index contributed by atoms with van der Waals surface area (Å²) in [5, 5.41) is 17.8. The van der Waals surface area contributed by atoms with E-state index in [9.17, 15) is 0 Å². The van der Waals surface area contributed by atoms with Crippen LogP contribution in [-0.4, -0.2) is 14.5 Å². The van der Waals surface area contributed by atoms with Crippen LogP contribution in [0.1, 0.15) is 11.4 Å². The summed E-state index contributed by atoms with van der Waals surface area (Å²) >= 11 is 3.24. The van der Waals surface area contributed by atoms with Crippen molar-refractivity contribution in [1.82, 2.24) is 14.5 Å². The lowest BCUT2D eigenvalue weighted by Gasteiger charge is -2.06. The zero-order chi connectivity index (χ0) is 12.4. The molecule has 2 N–H and O–H groups in total. The molecule has 0 aliphatic rings. The van der Waals surface area contributed by atoms with Gasteiger partial charge in [-0.2, -0.15) is 10.5 Å². The summed E-state index contributed by atoms with van der Waals surface area (Å²) in [6.07, 6.45) is 2.91. The van der Waals surface area contributed by atoms with Crippen LogP contribution in [0, 0.1) is 22.7 Å². The van der Waals surface area contributed by atoms with E-state index >= 15 is 0 Å². The maximum absolute atomic E-state index is 8.99. The highest BCUT2D eigenvalue weighted by Crippen LogP contribution is 2.21. The van der Waals surface area contributed by atoms with Crippen molar-refractivity contribution in [3.05, 3.63) is 34.5 Å². The molecule has 0 atom stereocenters. The lowest BCUT2D eigenvalue weighted by molar-refractivity contribution is 0.978. The zero-order valence-corrected chi connectivity index (χ0v) is 10.0. The largest absolute Gasteiger partial charge is 0.396 e. The SMILES string of the molecule is N#Cc1ncn(-c2ncc(Br)cc2N)c1C#N. The molecule has 0 saturated carbocycles. The van der Waals surface area contributed by atoms with Crippen LogP contribution in [0.2, 0.25) is 0 Å². The number of nitrogen functional groups attached to an aromatic ring is 1. The minimum Gasteiger partial charge on any atom is -0.396 e. The maximum Gasteiger partial charge on any atom is 0.177 e. The van der Waals surface area contributed by atoms with Gasteiger partial charge in [0, 0.05) is 10.7 Å². The molecule has 6 nitrogen and oxygen atoms in total. The number of hydrogen-bond acceptors (Lipinski definition) is 5. The Balaban J connectivity index is 2.66. The number of nitriles is 2. The number of halogens is 1. The molecule has 0 unspecified atom stereocenters. The van der Waals surface area contributed by atoms with Gasteiger partial charge in [0.05, 0.1) is 5.69 Å². The minimum atomic E-state index is 0.0524. The fraction of sp³-hybridized carbons (Fsp3) is 0. The van der Waals surface area contributed by atoms with Crippen molar-refractivity contribution in [2.75, 3.05) is 5.73 Å². The number of nitrogens with zero attached hydrogens (tertiary/aromatic N) is 5. The van der Waals surface area contributed by atoms with Crippen molar-refractivity contribution in [2.24, 2.45) is 0 Å². The molecule has 0 fully saturated rings. The predicted octanol–water partition coefficient (Wildman–Crippen LogP) is 1.36. The van der Waals surface area contributed by atoms with Gasteiger partial charge in [-0.05, 0) is 22.0 Å². The molecule has 0 aliphatic carbocycles. The molecule has 0 radical (unpaired) electrons. The third-order valence-corrected chi connectivity index (χ3v) is 2.50.